The Labute approximate surface area is 211 Å². The molecule has 0 bridgehead atoms. The highest BCUT2D eigenvalue weighted by atomic mass is 16.5. The van der Waals surface area contributed by atoms with Crippen LogP contribution in [0.1, 0.15) is 42.1 Å². The lowest BCUT2D eigenvalue weighted by Crippen LogP contribution is -2.30. The van der Waals surface area contributed by atoms with Gasteiger partial charge in [0.15, 0.2) is 0 Å². The molecule has 3 aromatic carbocycles. The molecule has 1 amide bonds. The lowest BCUT2D eigenvalue weighted by Gasteiger charge is -2.28. The molecule has 1 aliphatic heterocycles. The number of Topliss-reactive ketones (excluding diaryl/α,β-unsaturated/α-hetero) is 1. The zero-order valence-corrected chi connectivity index (χ0v) is 21.2. The number of ketones is 1. The molecule has 1 heterocycles. The molecule has 1 saturated heterocycles. The Morgan fingerprint density at radius 1 is 1.00 bits per heavy atom. The van der Waals surface area contributed by atoms with Gasteiger partial charge in [0.05, 0.1) is 25.3 Å². The van der Waals surface area contributed by atoms with Crippen molar-refractivity contribution < 1.29 is 24.2 Å². The van der Waals surface area contributed by atoms with Crippen molar-refractivity contribution in [2.24, 2.45) is 5.92 Å². The van der Waals surface area contributed by atoms with Crippen molar-refractivity contribution in [3.63, 3.8) is 0 Å². The fraction of sp³-hybridized carbons (Fsp3) is 0.267. The van der Waals surface area contributed by atoms with Crippen LogP contribution in [0.5, 0.6) is 11.5 Å². The fourth-order valence-corrected chi connectivity index (χ4v) is 4.37. The number of aryl methyl sites for hydroxylation is 2. The second-order valence-corrected chi connectivity index (χ2v) is 9.43. The monoisotopic (exact) mass is 485 g/mol. The summed E-state index contributed by atoms with van der Waals surface area (Å²) < 4.78 is 11.3. The Kier molecular flexibility index (Phi) is 7.15. The molecule has 1 aliphatic rings. The molecule has 0 saturated carbocycles. The van der Waals surface area contributed by atoms with Crippen molar-refractivity contribution in [3.8, 4) is 11.5 Å². The molecule has 6 heteroatoms. The fourth-order valence-electron chi connectivity index (χ4n) is 4.37. The molecule has 6 nitrogen and oxygen atoms in total. The number of nitrogens with zero attached hydrogens (tertiary/aromatic N) is 1. The van der Waals surface area contributed by atoms with E-state index in [1.54, 1.807) is 37.4 Å². The molecule has 1 N–H and O–H groups in total. The molecule has 186 valence electrons. The first-order valence-corrected chi connectivity index (χ1v) is 12.0. The van der Waals surface area contributed by atoms with Crippen LogP contribution in [-0.4, -0.2) is 30.5 Å². The van der Waals surface area contributed by atoms with Gasteiger partial charge in [-0.2, -0.15) is 0 Å². The van der Waals surface area contributed by atoms with E-state index in [1.165, 1.54) is 4.90 Å². The average Bonchev–Trinajstić information content (AvgIpc) is 3.14. The summed E-state index contributed by atoms with van der Waals surface area (Å²) >= 11 is 0. The zero-order valence-electron chi connectivity index (χ0n) is 21.2. The van der Waals surface area contributed by atoms with Crippen LogP contribution in [0.15, 0.2) is 72.3 Å². The van der Waals surface area contributed by atoms with E-state index in [1.807, 2.05) is 50.2 Å². The minimum absolute atomic E-state index is 0.0151. The number of amides is 1. The van der Waals surface area contributed by atoms with Crippen LogP contribution in [0.2, 0.25) is 0 Å². The summed E-state index contributed by atoms with van der Waals surface area (Å²) in [5, 5.41) is 11.4. The summed E-state index contributed by atoms with van der Waals surface area (Å²) in [6.07, 6.45) is 0. The molecule has 1 unspecified atom stereocenters. The van der Waals surface area contributed by atoms with Gasteiger partial charge in [-0.1, -0.05) is 44.2 Å². The van der Waals surface area contributed by atoms with Gasteiger partial charge in [-0.15, -0.1) is 0 Å². The van der Waals surface area contributed by atoms with Gasteiger partial charge < -0.3 is 14.6 Å². The van der Waals surface area contributed by atoms with Crippen molar-refractivity contribution in [3.05, 3.63) is 94.6 Å². The summed E-state index contributed by atoms with van der Waals surface area (Å²) in [4.78, 5) is 28.4. The topological polar surface area (TPSA) is 76.1 Å². The van der Waals surface area contributed by atoms with Gasteiger partial charge in [-0.25, -0.2) is 0 Å². The molecular weight excluding hydrogens is 454 g/mol. The number of rotatable bonds is 7. The molecule has 0 spiro atoms. The quantitative estimate of drug-likeness (QED) is 0.253. The summed E-state index contributed by atoms with van der Waals surface area (Å²) in [6, 6.07) is 19.0. The Morgan fingerprint density at radius 2 is 1.69 bits per heavy atom. The molecule has 0 aromatic heterocycles. The Balaban J connectivity index is 1.89. The highest BCUT2D eigenvalue weighted by Crippen LogP contribution is 2.45. The lowest BCUT2D eigenvalue weighted by molar-refractivity contribution is -0.132. The minimum atomic E-state index is -0.862. The lowest BCUT2D eigenvalue weighted by atomic mass is 9.94. The van der Waals surface area contributed by atoms with E-state index in [9.17, 15) is 14.7 Å². The van der Waals surface area contributed by atoms with E-state index in [0.29, 0.717) is 40.8 Å². The van der Waals surface area contributed by atoms with Crippen LogP contribution in [0, 0.1) is 19.8 Å². The number of benzene rings is 3. The SMILES string of the molecule is COc1ccccc1C1/C(=C(\O)c2ccc(OCC(C)C)cc2)C(=O)C(=O)N1c1cc(C)ccc1C. The van der Waals surface area contributed by atoms with Crippen LogP contribution in [-0.2, 0) is 9.59 Å². The van der Waals surface area contributed by atoms with Gasteiger partial charge >= 0.3 is 0 Å². The van der Waals surface area contributed by atoms with Crippen molar-refractivity contribution >= 4 is 23.1 Å². The zero-order chi connectivity index (χ0) is 26.0. The van der Waals surface area contributed by atoms with Gasteiger partial charge in [0.1, 0.15) is 17.3 Å². The molecule has 36 heavy (non-hydrogen) atoms. The number of hydrogen-bond donors (Lipinski definition) is 1. The molecule has 3 aromatic rings. The molecule has 1 fully saturated rings. The third-order valence-electron chi connectivity index (χ3n) is 6.21. The maximum Gasteiger partial charge on any atom is 0.300 e. The smallest absolute Gasteiger partial charge is 0.300 e. The van der Waals surface area contributed by atoms with Crippen LogP contribution >= 0.6 is 0 Å². The third-order valence-corrected chi connectivity index (χ3v) is 6.21. The van der Waals surface area contributed by atoms with E-state index in [2.05, 4.69) is 13.8 Å². The Hall–Kier alpha value is -4.06. The number of carbonyl (C=O) groups is 2. The van der Waals surface area contributed by atoms with Crippen LogP contribution in [0.3, 0.4) is 0 Å². The first-order chi connectivity index (χ1) is 17.2. The summed E-state index contributed by atoms with van der Waals surface area (Å²) in [7, 11) is 1.54. The number of carbonyl (C=O) groups excluding carboxylic acids is 2. The second kappa shape index (κ2) is 10.3. The van der Waals surface area contributed by atoms with Crippen LogP contribution < -0.4 is 14.4 Å². The summed E-state index contributed by atoms with van der Waals surface area (Å²) in [5.74, 6) is -0.129. The first-order valence-electron chi connectivity index (χ1n) is 12.0. The largest absolute Gasteiger partial charge is 0.507 e. The minimum Gasteiger partial charge on any atom is -0.507 e. The third kappa shape index (κ3) is 4.71. The van der Waals surface area contributed by atoms with Crippen LogP contribution in [0.25, 0.3) is 5.76 Å². The van der Waals surface area contributed by atoms with Gasteiger partial charge in [0.25, 0.3) is 11.7 Å². The summed E-state index contributed by atoms with van der Waals surface area (Å²) in [5.41, 5.74) is 3.46. The number of hydrogen-bond acceptors (Lipinski definition) is 5. The van der Waals surface area contributed by atoms with Gasteiger partial charge in [-0.3, -0.25) is 14.5 Å². The Morgan fingerprint density at radius 3 is 2.36 bits per heavy atom. The maximum atomic E-state index is 13.5. The predicted octanol–water partition coefficient (Wildman–Crippen LogP) is 5.97. The highest BCUT2D eigenvalue weighted by molar-refractivity contribution is 6.51. The number of ether oxygens (including phenoxy) is 2. The number of methoxy groups -OCH3 is 1. The van der Waals surface area contributed by atoms with Gasteiger partial charge in [0, 0.05) is 16.8 Å². The molecule has 4 rings (SSSR count). The molecular formula is C30H31NO5. The van der Waals surface area contributed by atoms with Gasteiger partial charge in [-0.05, 0) is 67.3 Å². The first kappa shape index (κ1) is 25.0. The predicted molar refractivity (Wildman–Crippen MR) is 140 cm³/mol. The number of anilines is 1. The van der Waals surface area contributed by atoms with E-state index in [-0.39, 0.29) is 11.3 Å². The number of aliphatic hydroxyl groups is 1. The van der Waals surface area contributed by atoms with E-state index < -0.39 is 17.7 Å². The highest BCUT2D eigenvalue weighted by Gasteiger charge is 2.48. The van der Waals surface area contributed by atoms with Gasteiger partial charge in [0.2, 0.25) is 0 Å². The van der Waals surface area contributed by atoms with Crippen molar-refractivity contribution in [1.29, 1.82) is 0 Å². The molecule has 0 radical (unpaired) electrons. The number of aliphatic hydroxyl groups excluding tert-OH is 1. The van der Waals surface area contributed by atoms with E-state index in [0.717, 1.165) is 11.1 Å². The van der Waals surface area contributed by atoms with E-state index in [4.69, 9.17) is 9.47 Å². The maximum absolute atomic E-state index is 13.5. The van der Waals surface area contributed by atoms with Crippen LogP contribution in [0.4, 0.5) is 5.69 Å². The Bertz CT molecular complexity index is 1320. The number of para-hydroxylation sites is 1. The normalized spacial score (nSPS) is 17.1. The van der Waals surface area contributed by atoms with Crippen molar-refractivity contribution in [2.45, 2.75) is 33.7 Å². The molecule has 0 aliphatic carbocycles. The average molecular weight is 486 g/mol. The van der Waals surface area contributed by atoms with Crippen molar-refractivity contribution in [1.82, 2.24) is 0 Å². The van der Waals surface area contributed by atoms with E-state index >= 15 is 0 Å². The molecule has 1 atom stereocenters. The summed E-state index contributed by atoms with van der Waals surface area (Å²) in [6.45, 7) is 8.52. The standard InChI is InChI=1S/C30H31NO5/c1-18(2)17-36-22-14-12-21(13-15-22)28(32)26-27(23-8-6-7-9-25(23)35-5)31(30(34)29(26)33)24-16-19(3)10-11-20(24)4/h6-16,18,27,32H,17H2,1-5H3/b28-26+. The van der Waals surface area contributed by atoms with Crippen molar-refractivity contribution in [2.75, 3.05) is 18.6 Å². The second-order valence-electron chi connectivity index (χ2n) is 9.43.